The molecule has 0 aromatic heterocycles. The highest BCUT2D eigenvalue weighted by Gasteiger charge is 2.30. The molecule has 1 amide bonds. The molecule has 5 heteroatoms. The van der Waals surface area contributed by atoms with E-state index in [0.717, 1.165) is 0 Å². The number of anilines is 1. The Bertz CT molecular complexity index is 732. The van der Waals surface area contributed by atoms with Crippen molar-refractivity contribution >= 4 is 23.2 Å². The summed E-state index contributed by atoms with van der Waals surface area (Å²) in [6.45, 7) is 1.70. The third-order valence-electron chi connectivity index (χ3n) is 3.77. The van der Waals surface area contributed by atoms with Crippen LogP contribution in [0.5, 0.6) is 0 Å². The average Bonchev–Trinajstić information content (AvgIpc) is 2.75. The third kappa shape index (κ3) is 2.30. The maximum absolute atomic E-state index is 14.1. The summed E-state index contributed by atoms with van der Waals surface area (Å²) >= 11 is 6.06. The highest BCUT2D eigenvalue weighted by atomic mass is 35.5. The highest BCUT2D eigenvalue weighted by Crippen LogP contribution is 2.38. The molecule has 21 heavy (non-hydrogen) atoms. The quantitative estimate of drug-likeness (QED) is 0.890. The number of hydrogen-bond donors (Lipinski definition) is 2. The van der Waals surface area contributed by atoms with E-state index in [-0.39, 0.29) is 11.6 Å². The molecule has 2 atom stereocenters. The fraction of sp³-hybridized carbons (Fsp3) is 0.188. The summed E-state index contributed by atoms with van der Waals surface area (Å²) < 4.78 is 14.1. The van der Waals surface area contributed by atoms with Gasteiger partial charge in [0.1, 0.15) is 11.9 Å². The number of fused-ring (bicyclic) bond motifs is 1. The molecule has 1 aliphatic rings. The van der Waals surface area contributed by atoms with Crippen LogP contribution >= 0.6 is 11.6 Å². The molecule has 0 spiro atoms. The third-order valence-corrected chi connectivity index (χ3v) is 4.11. The Morgan fingerprint density at radius 1 is 1.33 bits per heavy atom. The van der Waals surface area contributed by atoms with Crippen molar-refractivity contribution in [1.82, 2.24) is 0 Å². The van der Waals surface area contributed by atoms with Crippen LogP contribution in [0.15, 0.2) is 36.4 Å². The fourth-order valence-corrected chi connectivity index (χ4v) is 2.77. The van der Waals surface area contributed by atoms with Crippen molar-refractivity contribution in [3.8, 4) is 0 Å². The van der Waals surface area contributed by atoms with E-state index in [1.807, 2.05) is 0 Å². The molecule has 2 unspecified atom stereocenters. The molecular formula is C16H13ClFNO2. The van der Waals surface area contributed by atoms with Crippen LogP contribution in [0.4, 0.5) is 10.1 Å². The van der Waals surface area contributed by atoms with E-state index in [9.17, 15) is 14.3 Å². The molecule has 0 saturated carbocycles. The van der Waals surface area contributed by atoms with Crippen LogP contribution < -0.4 is 5.32 Å². The summed E-state index contributed by atoms with van der Waals surface area (Å²) in [4.78, 5) is 11.6. The van der Waals surface area contributed by atoms with E-state index in [1.54, 1.807) is 37.3 Å². The van der Waals surface area contributed by atoms with Gasteiger partial charge in [0.15, 0.2) is 0 Å². The lowest BCUT2D eigenvalue weighted by atomic mass is 9.95. The van der Waals surface area contributed by atoms with Crippen molar-refractivity contribution in [2.75, 3.05) is 5.32 Å². The van der Waals surface area contributed by atoms with E-state index in [2.05, 4.69) is 5.32 Å². The van der Waals surface area contributed by atoms with Crippen LogP contribution in [-0.2, 0) is 4.79 Å². The normalized spacial score (nSPS) is 18.3. The number of carbonyl (C=O) groups is 1. The molecule has 0 saturated heterocycles. The first-order valence-corrected chi connectivity index (χ1v) is 6.93. The number of halogens is 2. The minimum atomic E-state index is -1.04. The van der Waals surface area contributed by atoms with Gasteiger partial charge in [0.25, 0.3) is 0 Å². The molecule has 0 bridgehead atoms. The maximum Gasteiger partial charge on any atom is 0.231 e. The average molecular weight is 306 g/mol. The van der Waals surface area contributed by atoms with E-state index in [4.69, 9.17) is 11.6 Å². The van der Waals surface area contributed by atoms with Gasteiger partial charge in [-0.1, -0.05) is 29.8 Å². The second-order valence-corrected chi connectivity index (χ2v) is 5.51. The Hall–Kier alpha value is -1.91. The minimum Gasteiger partial charge on any atom is -0.384 e. The Balaban J connectivity index is 2.07. The topological polar surface area (TPSA) is 49.3 Å². The summed E-state index contributed by atoms with van der Waals surface area (Å²) in [5.74, 6) is -1.23. The molecule has 1 heterocycles. The predicted molar refractivity (Wildman–Crippen MR) is 79.0 cm³/mol. The lowest BCUT2D eigenvalue weighted by Crippen LogP contribution is -2.08. The fourth-order valence-electron chi connectivity index (χ4n) is 2.53. The highest BCUT2D eigenvalue weighted by molar-refractivity contribution is 6.31. The van der Waals surface area contributed by atoms with Gasteiger partial charge >= 0.3 is 0 Å². The van der Waals surface area contributed by atoms with Crippen LogP contribution in [0.1, 0.15) is 35.6 Å². The molecule has 3 nitrogen and oxygen atoms in total. The molecule has 2 N–H and O–H groups in total. The minimum absolute atomic E-state index is 0.197. The smallest absolute Gasteiger partial charge is 0.231 e. The number of carbonyl (C=O) groups excluding carboxylic acids is 1. The predicted octanol–water partition coefficient (Wildman–Crippen LogP) is 3.62. The zero-order chi connectivity index (χ0) is 15.1. The van der Waals surface area contributed by atoms with E-state index < -0.39 is 17.8 Å². The monoisotopic (exact) mass is 305 g/mol. The van der Waals surface area contributed by atoms with E-state index in [0.29, 0.717) is 21.7 Å². The van der Waals surface area contributed by atoms with Gasteiger partial charge in [0.05, 0.1) is 11.6 Å². The van der Waals surface area contributed by atoms with Crippen LogP contribution in [0, 0.1) is 5.82 Å². The van der Waals surface area contributed by atoms with Gasteiger partial charge < -0.3 is 10.4 Å². The number of aliphatic hydroxyl groups is 1. The molecule has 108 valence electrons. The van der Waals surface area contributed by atoms with Crippen molar-refractivity contribution in [2.24, 2.45) is 0 Å². The summed E-state index contributed by atoms with van der Waals surface area (Å²) in [6.07, 6.45) is -1.04. The van der Waals surface area contributed by atoms with Gasteiger partial charge in [-0.25, -0.2) is 4.39 Å². The first-order chi connectivity index (χ1) is 9.99. The summed E-state index contributed by atoms with van der Waals surface area (Å²) in [5.41, 5.74) is 1.63. The zero-order valence-electron chi connectivity index (χ0n) is 11.2. The Labute approximate surface area is 126 Å². The molecule has 0 aliphatic carbocycles. The van der Waals surface area contributed by atoms with E-state index >= 15 is 0 Å². The van der Waals surface area contributed by atoms with E-state index in [1.165, 1.54) is 6.07 Å². The van der Waals surface area contributed by atoms with Gasteiger partial charge in [-0.15, -0.1) is 0 Å². The van der Waals surface area contributed by atoms with Gasteiger partial charge in [-0.2, -0.15) is 0 Å². The van der Waals surface area contributed by atoms with Crippen molar-refractivity contribution in [3.63, 3.8) is 0 Å². The van der Waals surface area contributed by atoms with Gasteiger partial charge in [0.2, 0.25) is 5.91 Å². The molecule has 3 rings (SSSR count). The molecule has 2 aromatic rings. The Morgan fingerprint density at radius 3 is 2.76 bits per heavy atom. The van der Waals surface area contributed by atoms with Crippen LogP contribution in [0.3, 0.4) is 0 Å². The van der Waals surface area contributed by atoms with Crippen LogP contribution in [0.25, 0.3) is 0 Å². The number of amides is 1. The molecule has 0 fully saturated rings. The lowest BCUT2D eigenvalue weighted by molar-refractivity contribution is -0.116. The number of aliphatic hydroxyl groups excluding tert-OH is 1. The Morgan fingerprint density at radius 2 is 2.05 bits per heavy atom. The van der Waals surface area contributed by atoms with Crippen LogP contribution in [0.2, 0.25) is 5.02 Å². The molecule has 2 aromatic carbocycles. The number of nitrogens with one attached hydrogen (secondary N) is 1. The lowest BCUT2D eigenvalue weighted by Gasteiger charge is -2.15. The number of hydrogen-bond acceptors (Lipinski definition) is 2. The van der Waals surface area contributed by atoms with Crippen molar-refractivity contribution in [2.45, 2.75) is 18.9 Å². The standard InChI is InChI=1S/C16H13ClFNO2/c1-8-11-6-9(7-13(18)14(11)19-16(8)21)15(20)10-4-2-3-5-12(10)17/h2-8,15,20H,1H3,(H,19,21). The summed E-state index contributed by atoms with van der Waals surface area (Å²) in [7, 11) is 0. The maximum atomic E-state index is 14.1. The van der Waals surface area contributed by atoms with Gasteiger partial charge in [-0.3, -0.25) is 4.79 Å². The van der Waals surface area contributed by atoms with Crippen molar-refractivity contribution < 1.29 is 14.3 Å². The largest absolute Gasteiger partial charge is 0.384 e. The Kier molecular flexibility index (Phi) is 3.43. The summed E-state index contributed by atoms with van der Waals surface area (Å²) in [6, 6.07) is 9.73. The first kappa shape index (κ1) is 14.0. The van der Waals surface area contributed by atoms with Crippen molar-refractivity contribution in [1.29, 1.82) is 0 Å². The number of rotatable bonds is 2. The number of benzene rings is 2. The van der Waals surface area contributed by atoms with Crippen molar-refractivity contribution in [3.05, 3.63) is 63.9 Å². The zero-order valence-corrected chi connectivity index (χ0v) is 12.0. The first-order valence-electron chi connectivity index (χ1n) is 6.55. The van der Waals surface area contributed by atoms with Gasteiger partial charge in [0, 0.05) is 10.6 Å². The second kappa shape index (κ2) is 5.13. The SMILES string of the molecule is CC1C(=O)Nc2c(F)cc(C(O)c3ccccc3Cl)cc21. The molecular weight excluding hydrogens is 293 g/mol. The summed E-state index contributed by atoms with van der Waals surface area (Å²) in [5, 5.41) is 13.3. The van der Waals surface area contributed by atoms with Crippen LogP contribution in [-0.4, -0.2) is 11.0 Å². The second-order valence-electron chi connectivity index (χ2n) is 5.10. The van der Waals surface area contributed by atoms with Gasteiger partial charge in [-0.05, 0) is 36.2 Å². The molecule has 0 radical (unpaired) electrons. The molecule has 1 aliphatic heterocycles.